The second kappa shape index (κ2) is 5.80. The van der Waals surface area contributed by atoms with Crippen molar-refractivity contribution in [3.63, 3.8) is 0 Å². The van der Waals surface area contributed by atoms with Crippen LogP contribution in [0.25, 0.3) is 0 Å². The van der Waals surface area contributed by atoms with Gasteiger partial charge in [0.1, 0.15) is 6.10 Å². The molecule has 3 aliphatic rings. The van der Waals surface area contributed by atoms with Crippen LogP contribution >= 0.6 is 0 Å². The Hall–Kier alpha value is -2.03. The largest absolute Gasteiger partial charge is 0.493 e. The number of nitriles is 1. The SMILES string of the molecule is COc1ccc2c3c1O[C@H]1C[C@@H](O)C=C[C@@]31CCN(CCC#N)C2. The van der Waals surface area contributed by atoms with Crippen LogP contribution in [0.15, 0.2) is 24.3 Å². The van der Waals surface area contributed by atoms with Crippen molar-refractivity contribution in [2.45, 2.75) is 43.4 Å². The lowest BCUT2D eigenvalue weighted by atomic mass is 9.69. The maximum absolute atomic E-state index is 10.1. The standard InChI is InChI=1S/C19H22N2O3/c1-23-15-4-3-13-12-21(9-2-8-20)10-7-19-6-5-14(22)11-16(19)24-18(15)17(13)19/h3-6,14,16,22H,2,7,9-12H2,1H3/t14-,16-,19-/m0/s1. The average molecular weight is 326 g/mol. The van der Waals surface area contributed by atoms with Crippen molar-refractivity contribution in [2.75, 3.05) is 20.2 Å². The zero-order valence-corrected chi connectivity index (χ0v) is 13.9. The highest BCUT2D eigenvalue weighted by Gasteiger charge is 2.52. The van der Waals surface area contributed by atoms with Crippen molar-refractivity contribution in [3.05, 3.63) is 35.4 Å². The summed E-state index contributed by atoms with van der Waals surface area (Å²) in [6.45, 7) is 2.52. The molecule has 1 aromatic carbocycles. The van der Waals surface area contributed by atoms with E-state index in [1.165, 1.54) is 11.1 Å². The van der Waals surface area contributed by atoms with E-state index in [4.69, 9.17) is 14.7 Å². The second-order valence-corrected chi connectivity index (χ2v) is 6.87. The molecule has 24 heavy (non-hydrogen) atoms. The van der Waals surface area contributed by atoms with Crippen LogP contribution in [0.5, 0.6) is 11.5 Å². The Labute approximate surface area is 142 Å². The van der Waals surface area contributed by atoms with Crippen molar-refractivity contribution >= 4 is 0 Å². The van der Waals surface area contributed by atoms with Gasteiger partial charge in [-0.1, -0.05) is 18.2 Å². The third-order valence-electron chi connectivity index (χ3n) is 5.57. The normalized spacial score (nSPS) is 30.7. The minimum Gasteiger partial charge on any atom is -0.493 e. The summed E-state index contributed by atoms with van der Waals surface area (Å²) >= 11 is 0. The first-order chi connectivity index (χ1) is 11.7. The summed E-state index contributed by atoms with van der Waals surface area (Å²) in [6, 6.07) is 6.33. The fourth-order valence-corrected chi connectivity index (χ4v) is 4.39. The van der Waals surface area contributed by atoms with Gasteiger partial charge in [0, 0.05) is 31.5 Å². The molecule has 5 nitrogen and oxygen atoms in total. The van der Waals surface area contributed by atoms with E-state index in [0.717, 1.165) is 37.6 Å². The van der Waals surface area contributed by atoms with Gasteiger partial charge in [0.2, 0.25) is 0 Å². The van der Waals surface area contributed by atoms with Gasteiger partial charge in [-0.15, -0.1) is 0 Å². The van der Waals surface area contributed by atoms with Gasteiger partial charge in [-0.05, 0) is 24.6 Å². The fraction of sp³-hybridized carbons (Fsp3) is 0.526. The van der Waals surface area contributed by atoms with Crippen molar-refractivity contribution in [1.82, 2.24) is 4.90 Å². The third-order valence-corrected chi connectivity index (χ3v) is 5.57. The molecule has 5 heteroatoms. The monoisotopic (exact) mass is 326 g/mol. The van der Waals surface area contributed by atoms with Crippen LogP contribution in [-0.4, -0.2) is 42.4 Å². The number of aliphatic hydroxyl groups is 1. The first kappa shape index (κ1) is 15.5. The number of rotatable bonds is 3. The maximum Gasteiger partial charge on any atom is 0.166 e. The molecule has 4 rings (SSSR count). The molecule has 0 amide bonds. The van der Waals surface area contributed by atoms with E-state index in [9.17, 15) is 5.11 Å². The van der Waals surface area contributed by atoms with Crippen LogP contribution in [0.2, 0.25) is 0 Å². The molecule has 0 saturated heterocycles. The van der Waals surface area contributed by atoms with Gasteiger partial charge < -0.3 is 14.6 Å². The van der Waals surface area contributed by atoms with Crippen LogP contribution in [0, 0.1) is 11.3 Å². The van der Waals surface area contributed by atoms with Crippen LogP contribution in [0.3, 0.4) is 0 Å². The van der Waals surface area contributed by atoms with E-state index in [0.29, 0.717) is 12.8 Å². The number of hydrogen-bond donors (Lipinski definition) is 1. The van der Waals surface area contributed by atoms with E-state index in [1.54, 1.807) is 7.11 Å². The van der Waals surface area contributed by atoms with Gasteiger partial charge in [0.05, 0.1) is 24.7 Å². The smallest absolute Gasteiger partial charge is 0.166 e. The highest BCUT2D eigenvalue weighted by molar-refractivity contribution is 5.60. The average Bonchev–Trinajstić information content (AvgIpc) is 2.83. The van der Waals surface area contributed by atoms with Crippen molar-refractivity contribution in [2.24, 2.45) is 0 Å². The summed E-state index contributed by atoms with van der Waals surface area (Å²) in [5, 5.41) is 19.0. The number of hydrogen-bond acceptors (Lipinski definition) is 5. The molecular weight excluding hydrogens is 304 g/mol. The summed E-state index contributed by atoms with van der Waals surface area (Å²) in [4.78, 5) is 2.34. The fourth-order valence-electron chi connectivity index (χ4n) is 4.39. The van der Waals surface area contributed by atoms with Gasteiger partial charge in [-0.3, -0.25) is 4.90 Å². The van der Waals surface area contributed by atoms with E-state index < -0.39 is 6.10 Å². The lowest BCUT2D eigenvalue weighted by Crippen LogP contribution is -2.43. The number of benzene rings is 1. The van der Waals surface area contributed by atoms with Crippen molar-refractivity contribution in [3.8, 4) is 17.6 Å². The molecule has 2 heterocycles. The maximum atomic E-state index is 10.1. The molecule has 126 valence electrons. The predicted molar refractivity (Wildman–Crippen MR) is 89.0 cm³/mol. The van der Waals surface area contributed by atoms with Crippen LogP contribution < -0.4 is 9.47 Å². The molecule has 1 aliphatic carbocycles. The van der Waals surface area contributed by atoms with E-state index >= 15 is 0 Å². The molecule has 1 N–H and O–H groups in total. The summed E-state index contributed by atoms with van der Waals surface area (Å²) in [5.74, 6) is 1.59. The Morgan fingerprint density at radius 2 is 2.38 bits per heavy atom. The number of ether oxygens (including phenoxy) is 2. The first-order valence-electron chi connectivity index (χ1n) is 8.51. The van der Waals surface area contributed by atoms with Crippen LogP contribution in [0.4, 0.5) is 0 Å². The topological polar surface area (TPSA) is 65.7 Å². The minimum absolute atomic E-state index is 0.0570. The molecular formula is C19H22N2O3. The molecule has 3 atom stereocenters. The Bertz CT molecular complexity index is 724. The lowest BCUT2D eigenvalue weighted by molar-refractivity contribution is 0.0811. The van der Waals surface area contributed by atoms with E-state index in [2.05, 4.69) is 23.1 Å². The number of nitrogens with zero attached hydrogens (tertiary/aromatic N) is 2. The molecule has 1 spiro atoms. The zero-order chi connectivity index (χ0) is 16.7. The summed E-state index contributed by atoms with van der Waals surface area (Å²) in [7, 11) is 1.66. The number of methoxy groups -OCH3 is 1. The molecule has 1 aromatic rings. The number of aliphatic hydroxyl groups excluding tert-OH is 1. The Balaban J connectivity index is 1.82. The Morgan fingerprint density at radius 3 is 3.17 bits per heavy atom. The van der Waals surface area contributed by atoms with Crippen molar-refractivity contribution < 1.29 is 14.6 Å². The van der Waals surface area contributed by atoms with Gasteiger partial charge in [-0.2, -0.15) is 5.26 Å². The van der Waals surface area contributed by atoms with Gasteiger partial charge in [0.25, 0.3) is 0 Å². The van der Waals surface area contributed by atoms with Crippen LogP contribution in [0.1, 0.15) is 30.4 Å². The predicted octanol–water partition coefficient (Wildman–Crippen LogP) is 2.13. The first-order valence-corrected chi connectivity index (χ1v) is 8.51. The molecule has 0 saturated carbocycles. The lowest BCUT2D eigenvalue weighted by Gasteiger charge is -2.35. The summed E-state index contributed by atoms with van der Waals surface area (Å²) in [5.41, 5.74) is 2.26. The highest BCUT2D eigenvalue weighted by atomic mass is 16.5. The second-order valence-electron chi connectivity index (χ2n) is 6.87. The van der Waals surface area contributed by atoms with E-state index in [-0.39, 0.29) is 11.5 Å². The third kappa shape index (κ3) is 2.21. The molecule has 0 bridgehead atoms. The Kier molecular flexibility index (Phi) is 3.75. The van der Waals surface area contributed by atoms with Crippen LogP contribution in [-0.2, 0) is 12.0 Å². The highest BCUT2D eigenvalue weighted by Crippen LogP contribution is 2.55. The van der Waals surface area contributed by atoms with E-state index in [1.807, 2.05) is 12.1 Å². The van der Waals surface area contributed by atoms with Crippen molar-refractivity contribution in [1.29, 1.82) is 5.26 Å². The quantitative estimate of drug-likeness (QED) is 0.862. The Morgan fingerprint density at radius 1 is 1.50 bits per heavy atom. The zero-order valence-electron chi connectivity index (χ0n) is 13.9. The molecule has 0 fully saturated rings. The minimum atomic E-state index is -0.456. The molecule has 0 aromatic heterocycles. The van der Waals surface area contributed by atoms with Gasteiger partial charge in [0.15, 0.2) is 11.5 Å². The van der Waals surface area contributed by atoms with Gasteiger partial charge in [-0.25, -0.2) is 0 Å². The molecule has 0 radical (unpaired) electrons. The van der Waals surface area contributed by atoms with Gasteiger partial charge >= 0.3 is 0 Å². The molecule has 0 unspecified atom stereocenters. The molecule has 2 aliphatic heterocycles. The summed E-state index contributed by atoms with van der Waals surface area (Å²) in [6.07, 6.45) is 5.61. The summed E-state index contributed by atoms with van der Waals surface area (Å²) < 4.78 is 11.8.